The molecule has 122 valence electrons. The summed E-state index contributed by atoms with van der Waals surface area (Å²) in [5.41, 5.74) is 1.78. The van der Waals surface area contributed by atoms with Gasteiger partial charge >= 0.3 is 6.09 Å². The molecular weight excluding hydrogens is 318 g/mol. The number of hydrogen-bond acceptors (Lipinski definition) is 6. The Morgan fingerprint density at radius 1 is 1.35 bits per heavy atom. The number of ether oxygens (including phenoxy) is 1. The maximum absolute atomic E-state index is 12.1. The first-order valence-electron chi connectivity index (χ1n) is 6.92. The number of carbonyl (C=O) groups is 3. The predicted molar refractivity (Wildman–Crippen MR) is 88.6 cm³/mol. The lowest BCUT2D eigenvalue weighted by molar-refractivity contribution is -0.119. The van der Waals surface area contributed by atoms with Crippen LogP contribution < -0.4 is 10.2 Å². The molecule has 1 atom stereocenters. The molecule has 0 radical (unpaired) electrons. The number of thioether (sulfide) groups is 1. The Labute approximate surface area is 138 Å². The number of methoxy groups -OCH3 is 1. The Kier molecular flexibility index (Phi) is 5.38. The van der Waals surface area contributed by atoms with Crippen LogP contribution in [0.1, 0.15) is 12.5 Å². The van der Waals surface area contributed by atoms with Gasteiger partial charge in [-0.25, -0.2) is 4.79 Å². The first-order chi connectivity index (χ1) is 10.9. The largest absolute Gasteiger partial charge is 0.453 e. The van der Waals surface area contributed by atoms with Crippen molar-refractivity contribution in [2.45, 2.75) is 19.1 Å². The molecule has 0 bridgehead atoms. The molecule has 1 aliphatic heterocycles. The zero-order valence-electron chi connectivity index (χ0n) is 13.0. The minimum Gasteiger partial charge on any atom is -0.453 e. The number of nitrogens with zero attached hydrogens (tertiary/aromatic N) is 2. The molecule has 3 amide bonds. The SMILES string of the molecule is COC(=O)NC(=O)[C@@H](C)SC1=NCC(=O)N1c1ccc(C)cc1. The fourth-order valence-corrected chi connectivity index (χ4v) is 2.82. The van der Waals surface area contributed by atoms with E-state index in [1.807, 2.05) is 31.2 Å². The van der Waals surface area contributed by atoms with Gasteiger partial charge in [-0.3, -0.25) is 24.8 Å². The number of amides is 3. The lowest BCUT2D eigenvalue weighted by Gasteiger charge is -2.20. The molecule has 2 rings (SSSR count). The van der Waals surface area contributed by atoms with E-state index in [4.69, 9.17) is 0 Å². The lowest BCUT2D eigenvalue weighted by Crippen LogP contribution is -2.38. The maximum atomic E-state index is 12.1. The highest BCUT2D eigenvalue weighted by Crippen LogP contribution is 2.26. The van der Waals surface area contributed by atoms with Gasteiger partial charge in [-0.05, 0) is 26.0 Å². The number of alkyl carbamates (subject to hydrolysis) is 1. The molecule has 0 aliphatic carbocycles. The van der Waals surface area contributed by atoms with Crippen LogP contribution in [0.4, 0.5) is 10.5 Å². The van der Waals surface area contributed by atoms with Crippen molar-refractivity contribution < 1.29 is 19.1 Å². The minimum atomic E-state index is -0.817. The van der Waals surface area contributed by atoms with E-state index >= 15 is 0 Å². The Morgan fingerprint density at radius 3 is 2.61 bits per heavy atom. The minimum absolute atomic E-state index is 0.0432. The maximum Gasteiger partial charge on any atom is 0.413 e. The Morgan fingerprint density at radius 2 is 2.00 bits per heavy atom. The summed E-state index contributed by atoms with van der Waals surface area (Å²) in [5.74, 6) is -0.662. The van der Waals surface area contributed by atoms with E-state index < -0.39 is 17.3 Å². The van der Waals surface area contributed by atoms with Crippen LogP contribution in [-0.2, 0) is 14.3 Å². The van der Waals surface area contributed by atoms with Gasteiger partial charge in [0.25, 0.3) is 5.91 Å². The van der Waals surface area contributed by atoms with E-state index in [1.54, 1.807) is 6.92 Å². The van der Waals surface area contributed by atoms with Crippen LogP contribution in [0.3, 0.4) is 0 Å². The van der Waals surface area contributed by atoms with Crippen LogP contribution >= 0.6 is 11.8 Å². The van der Waals surface area contributed by atoms with Crippen molar-refractivity contribution in [1.82, 2.24) is 5.32 Å². The van der Waals surface area contributed by atoms with Gasteiger partial charge in [-0.1, -0.05) is 29.5 Å². The summed E-state index contributed by atoms with van der Waals surface area (Å²) >= 11 is 1.11. The zero-order valence-corrected chi connectivity index (χ0v) is 13.8. The fraction of sp³-hybridized carbons (Fsp3) is 0.333. The third kappa shape index (κ3) is 4.10. The fourth-order valence-electron chi connectivity index (χ4n) is 1.89. The van der Waals surface area contributed by atoms with Crippen LogP contribution in [-0.4, -0.2) is 42.0 Å². The summed E-state index contributed by atoms with van der Waals surface area (Å²) < 4.78 is 4.38. The van der Waals surface area contributed by atoms with E-state index in [-0.39, 0.29) is 12.5 Å². The first-order valence-corrected chi connectivity index (χ1v) is 7.80. The number of rotatable bonds is 3. The molecule has 0 fully saturated rings. The molecular formula is C15H17N3O4S. The topological polar surface area (TPSA) is 88.1 Å². The quantitative estimate of drug-likeness (QED) is 0.908. The standard InChI is InChI=1S/C15H17N3O4S/c1-9-4-6-11(7-5-9)18-12(19)8-16-14(18)23-10(2)13(20)17-15(21)22-3/h4-7,10H,8H2,1-3H3,(H,17,20,21)/t10-/m1/s1. The third-order valence-electron chi connectivity index (χ3n) is 3.14. The van der Waals surface area contributed by atoms with Gasteiger partial charge < -0.3 is 4.74 Å². The second-order valence-electron chi connectivity index (χ2n) is 4.90. The highest BCUT2D eigenvalue weighted by Gasteiger charge is 2.30. The molecule has 1 N–H and O–H groups in total. The van der Waals surface area contributed by atoms with Crippen molar-refractivity contribution in [2.75, 3.05) is 18.6 Å². The molecule has 0 saturated heterocycles. The summed E-state index contributed by atoms with van der Waals surface area (Å²) in [6.07, 6.45) is -0.817. The van der Waals surface area contributed by atoms with Crippen LogP contribution in [0.2, 0.25) is 0 Å². The number of amidine groups is 1. The first kappa shape index (κ1) is 17.0. The zero-order chi connectivity index (χ0) is 17.0. The highest BCUT2D eigenvalue weighted by molar-refractivity contribution is 8.15. The molecule has 7 nitrogen and oxygen atoms in total. The second-order valence-corrected chi connectivity index (χ2v) is 6.21. The number of anilines is 1. The van der Waals surface area contributed by atoms with E-state index in [1.165, 1.54) is 12.0 Å². The monoisotopic (exact) mass is 335 g/mol. The van der Waals surface area contributed by atoms with E-state index in [2.05, 4.69) is 15.0 Å². The van der Waals surface area contributed by atoms with E-state index in [0.29, 0.717) is 10.9 Å². The van der Waals surface area contributed by atoms with Crippen LogP contribution in [0.25, 0.3) is 0 Å². The van der Waals surface area contributed by atoms with Crippen molar-refractivity contribution in [3.05, 3.63) is 29.8 Å². The van der Waals surface area contributed by atoms with Gasteiger partial charge in [0.1, 0.15) is 6.54 Å². The number of imide groups is 1. The van der Waals surface area contributed by atoms with E-state index in [9.17, 15) is 14.4 Å². The smallest absolute Gasteiger partial charge is 0.413 e. The summed E-state index contributed by atoms with van der Waals surface area (Å²) in [6, 6.07) is 7.45. The summed E-state index contributed by atoms with van der Waals surface area (Å²) in [7, 11) is 1.18. The van der Waals surface area contributed by atoms with Gasteiger partial charge in [0.2, 0.25) is 5.91 Å². The normalized spacial score (nSPS) is 15.2. The van der Waals surface area contributed by atoms with Crippen molar-refractivity contribution in [3.8, 4) is 0 Å². The number of aliphatic imine (C=N–C) groups is 1. The van der Waals surface area contributed by atoms with Crippen molar-refractivity contribution in [2.24, 2.45) is 4.99 Å². The predicted octanol–water partition coefficient (Wildman–Crippen LogP) is 1.70. The van der Waals surface area contributed by atoms with Gasteiger partial charge in [-0.2, -0.15) is 0 Å². The number of nitrogens with one attached hydrogen (secondary N) is 1. The van der Waals surface area contributed by atoms with Crippen molar-refractivity contribution in [1.29, 1.82) is 0 Å². The molecule has 1 aromatic rings. The Hall–Kier alpha value is -2.35. The average molecular weight is 335 g/mol. The number of carbonyl (C=O) groups excluding carboxylic acids is 3. The van der Waals surface area contributed by atoms with Gasteiger partial charge in [0.05, 0.1) is 18.0 Å². The summed E-state index contributed by atoms with van der Waals surface area (Å²) in [4.78, 5) is 40.7. The molecule has 1 heterocycles. The molecule has 1 aromatic carbocycles. The van der Waals surface area contributed by atoms with Crippen molar-refractivity contribution >= 4 is 40.5 Å². The van der Waals surface area contributed by atoms with Crippen LogP contribution in [0.5, 0.6) is 0 Å². The van der Waals surface area contributed by atoms with E-state index in [0.717, 1.165) is 17.3 Å². The molecule has 23 heavy (non-hydrogen) atoms. The lowest BCUT2D eigenvalue weighted by atomic mass is 10.2. The highest BCUT2D eigenvalue weighted by atomic mass is 32.2. The molecule has 0 aromatic heterocycles. The Balaban J connectivity index is 2.09. The average Bonchev–Trinajstić information content (AvgIpc) is 2.88. The van der Waals surface area contributed by atoms with Gasteiger partial charge in [-0.15, -0.1) is 0 Å². The summed E-state index contributed by atoms with van der Waals surface area (Å²) in [5, 5.41) is 1.93. The number of aryl methyl sites for hydroxylation is 1. The molecule has 1 aliphatic rings. The molecule has 0 unspecified atom stereocenters. The van der Waals surface area contributed by atoms with Gasteiger partial charge in [0, 0.05) is 0 Å². The molecule has 0 saturated carbocycles. The number of hydrogen-bond donors (Lipinski definition) is 1. The van der Waals surface area contributed by atoms with Crippen LogP contribution in [0, 0.1) is 6.92 Å². The Bertz CT molecular complexity index is 657. The molecule has 8 heteroatoms. The summed E-state index contributed by atoms with van der Waals surface area (Å²) in [6.45, 7) is 3.63. The van der Waals surface area contributed by atoms with Gasteiger partial charge in [0.15, 0.2) is 5.17 Å². The van der Waals surface area contributed by atoms with Crippen LogP contribution in [0.15, 0.2) is 29.3 Å². The second kappa shape index (κ2) is 7.28. The third-order valence-corrected chi connectivity index (χ3v) is 4.23. The molecule has 0 spiro atoms. The number of benzene rings is 1. The van der Waals surface area contributed by atoms with Crippen molar-refractivity contribution in [3.63, 3.8) is 0 Å².